The summed E-state index contributed by atoms with van der Waals surface area (Å²) >= 11 is 0. The number of rotatable bonds is 4. The van der Waals surface area contributed by atoms with Crippen LogP contribution in [0.15, 0.2) is 60.9 Å². The molecule has 0 unspecified atom stereocenters. The maximum atomic E-state index is 13.8. The van der Waals surface area contributed by atoms with Gasteiger partial charge in [0.2, 0.25) is 5.88 Å². The molecule has 5 nitrogen and oxygen atoms in total. The Morgan fingerprint density at radius 2 is 1.56 bits per heavy atom. The number of halogens is 2. The minimum absolute atomic E-state index is 0.0741. The smallest absolute Gasteiger partial charge is 0.224 e. The van der Waals surface area contributed by atoms with Gasteiger partial charge in [-0.05, 0) is 24.3 Å². The third kappa shape index (κ3) is 3.97. The van der Waals surface area contributed by atoms with Crippen LogP contribution in [0.5, 0.6) is 11.6 Å². The molecule has 3 aromatic rings. The molecule has 7 heteroatoms. The average Bonchev–Trinajstić information content (AvgIpc) is 2.71. The molecule has 1 saturated heterocycles. The number of ether oxygens (including phenoxy) is 1. The van der Waals surface area contributed by atoms with Gasteiger partial charge in [0, 0.05) is 44.0 Å². The molecule has 1 fully saturated rings. The Labute approximate surface area is 155 Å². The van der Waals surface area contributed by atoms with Crippen LogP contribution >= 0.6 is 0 Å². The van der Waals surface area contributed by atoms with Crippen molar-refractivity contribution in [1.82, 2.24) is 9.97 Å². The van der Waals surface area contributed by atoms with Gasteiger partial charge in [-0.15, -0.1) is 0 Å². The quantitative estimate of drug-likeness (QED) is 0.699. The number of hydrogen-bond acceptors (Lipinski definition) is 5. The second-order valence-electron chi connectivity index (χ2n) is 6.20. The molecular formula is C20H18F2N4O. The number of hydrogen-bond donors (Lipinski definition) is 0. The fourth-order valence-electron chi connectivity index (χ4n) is 3.06. The highest BCUT2D eigenvalue weighted by Crippen LogP contribution is 2.26. The lowest BCUT2D eigenvalue weighted by molar-refractivity contribution is 0.422. The lowest BCUT2D eigenvalue weighted by atomic mass is 10.2. The summed E-state index contributed by atoms with van der Waals surface area (Å²) in [6.07, 6.45) is 1.38. The summed E-state index contributed by atoms with van der Waals surface area (Å²) in [6, 6.07) is 15.1. The van der Waals surface area contributed by atoms with Crippen LogP contribution in [0.25, 0.3) is 0 Å². The van der Waals surface area contributed by atoms with Gasteiger partial charge >= 0.3 is 0 Å². The number of para-hydroxylation sites is 1. The maximum Gasteiger partial charge on any atom is 0.224 e. The summed E-state index contributed by atoms with van der Waals surface area (Å²) in [4.78, 5) is 12.8. The first-order chi connectivity index (χ1) is 13.2. The lowest BCUT2D eigenvalue weighted by Crippen LogP contribution is -2.46. The molecular weight excluding hydrogens is 350 g/mol. The van der Waals surface area contributed by atoms with Crippen molar-refractivity contribution in [3.63, 3.8) is 0 Å². The third-order valence-electron chi connectivity index (χ3n) is 4.46. The molecule has 1 aliphatic heterocycles. The molecule has 138 valence electrons. The van der Waals surface area contributed by atoms with Crippen LogP contribution < -0.4 is 14.5 Å². The van der Waals surface area contributed by atoms with E-state index in [0.29, 0.717) is 0 Å². The second-order valence-corrected chi connectivity index (χ2v) is 6.20. The van der Waals surface area contributed by atoms with Crippen molar-refractivity contribution in [2.45, 2.75) is 0 Å². The van der Waals surface area contributed by atoms with Gasteiger partial charge in [0.1, 0.15) is 18.0 Å². The molecule has 0 spiro atoms. The molecule has 4 rings (SSSR count). The van der Waals surface area contributed by atoms with Crippen molar-refractivity contribution in [2.75, 3.05) is 36.0 Å². The number of anilines is 2. The Morgan fingerprint density at radius 3 is 2.30 bits per heavy atom. The van der Waals surface area contributed by atoms with E-state index in [1.165, 1.54) is 18.1 Å². The summed E-state index contributed by atoms with van der Waals surface area (Å²) in [5, 5.41) is 0. The fraction of sp³-hybridized carbons (Fsp3) is 0.200. The van der Waals surface area contributed by atoms with E-state index in [4.69, 9.17) is 4.74 Å². The molecule has 2 heterocycles. The van der Waals surface area contributed by atoms with E-state index in [-0.39, 0.29) is 11.6 Å². The highest BCUT2D eigenvalue weighted by Gasteiger charge is 2.19. The van der Waals surface area contributed by atoms with Gasteiger partial charge in [-0.2, -0.15) is 0 Å². The van der Waals surface area contributed by atoms with Crippen molar-refractivity contribution in [3.8, 4) is 11.6 Å². The van der Waals surface area contributed by atoms with E-state index in [2.05, 4.69) is 31.9 Å². The molecule has 0 saturated carbocycles. The predicted octanol–water partition coefficient (Wildman–Crippen LogP) is 3.87. The first-order valence-corrected chi connectivity index (χ1v) is 8.69. The van der Waals surface area contributed by atoms with Crippen LogP contribution in [-0.4, -0.2) is 36.1 Å². The number of benzene rings is 2. The summed E-state index contributed by atoms with van der Waals surface area (Å²) in [5.74, 6) is -0.563. The average molecular weight is 368 g/mol. The Kier molecular flexibility index (Phi) is 4.82. The summed E-state index contributed by atoms with van der Waals surface area (Å²) in [6.45, 7) is 3.35. The molecule has 0 aliphatic carbocycles. The van der Waals surface area contributed by atoms with Crippen molar-refractivity contribution >= 4 is 11.5 Å². The molecule has 0 N–H and O–H groups in total. The number of aromatic nitrogens is 2. The standard InChI is InChI=1S/C20H18F2N4O/c21-15-6-7-18(17(22)12-15)27-20-13-19(23-14-24-20)26-10-8-25(9-11-26)16-4-2-1-3-5-16/h1-7,12-14H,8-11H2. The zero-order valence-electron chi connectivity index (χ0n) is 14.6. The largest absolute Gasteiger partial charge is 0.436 e. The van der Waals surface area contributed by atoms with Gasteiger partial charge in [0.15, 0.2) is 11.6 Å². The van der Waals surface area contributed by atoms with E-state index in [1.54, 1.807) is 6.07 Å². The summed E-state index contributed by atoms with van der Waals surface area (Å²) < 4.78 is 32.2. The van der Waals surface area contributed by atoms with Crippen LogP contribution in [0.2, 0.25) is 0 Å². The molecule has 0 radical (unpaired) electrons. The molecule has 1 aromatic heterocycles. The Morgan fingerprint density at radius 1 is 0.815 bits per heavy atom. The lowest BCUT2D eigenvalue weighted by Gasteiger charge is -2.36. The third-order valence-corrected chi connectivity index (χ3v) is 4.46. The van der Waals surface area contributed by atoms with Gasteiger partial charge in [-0.1, -0.05) is 18.2 Å². The maximum absolute atomic E-state index is 13.8. The van der Waals surface area contributed by atoms with Crippen molar-refractivity contribution in [1.29, 1.82) is 0 Å². The minimum atomic E-state index is -0.772. The molecule has 0 atom stereocenters. The Bertz CT molecular complexity index is 915. The first-order valence-electron chi connectivity index (χ1n) is 8.69. The van der Waals surface area contributed by atoms with E-state index < -0.39 is 11.6 Å². The van der Waals surface area contributed by atoms with Gasteiger partial charge in [-0.25, -0.2) is 18.7 Å². The summed E-state index contributed by atoms with van der Waals surface area (Å²) in [5.41, 5.74) is 1.20. The fourth-order valence-corrected chi connectivity index (χ4v) is 3.06. The molecule has 0 bridgehead atoms. The van der Waals surface area contributed by atoms with Crippen LogP contribution in [0.3, 0.4) is 0 Å². The molecule has 27 heavy (non-hydrogen) atoms. The molecule has 2 aromatic carbocycles. The van der Waals surface area contributed by atoms with E-state index in [9.17, 15) is 8.78 Å². The topological polar surface area (TPSA) is 41.5 Å². The van der Waals surface area contributed by atoms with Crippen molar-refractivity contribution in [2.24, 2.45) is 0 Å². The second kappa shape index (κ2) is 7.57. The predicted molar refractivity (Wildman–Crippen MR) is 99.3 cm³/mol. The number of nitrogens with zero attached hydrogens (tertiary/aromatic N) is 4. The molecule has 1 aliphatic rings. The van der Waals surface area contributed by atoms with Gasteiger partial charge in [0.25, 0.3) is 0 Å². The Balaban J connectivity index is 1.44. The van der Waals surface area contributed by atoms with E-state index in [0.717, 1.165) is 44.1 Å². The van der Waals surface area contributed by atoms with Gasteiger partial charge in [-0.3, -0.25) is 0 Å². The van der Waals surface area contributed by atoms with E-state index in [1.807, 2.05) is 18.2 Å². The monoisotopic (exact) mass is 368 g/mol. The van der Waals surface area contributed by atoms with Crippen LogP contribution in [0, 0.1) is 11.6 Å². The highest BCUT2D eigenvalue weighted by molar-refractivity contribution is 5.49. The highest BCUT2D eigenvalue weighted by atomic mass is 19.1. The number of piperazine rings is 1. The van der Waals surface area contributed by atoms with Crippen LogP contribution in [-0.2, 0) is 0 Å². The van der Waals surface area contributed by atoms with Crippen LogP contribution in [0.1, 0.15) is 0 Å². The molecule has 0 amide bonds. The SMILES string of the molecule is Fc1ccc(Oc2cc(N3CCN(c4ccccc4)CC3)ncn2)c(F)c1. The van der Waals surface area contributed by atoms with Crippen molar-refractivity contribution in [3.05, 3.63) is 72.6 Å². The van der Waals surface area contributed by atoms with Gasteiger partial charge < -0.3 is 14.5 Å². The zero-order chi connectivity index (χ0) is 18.6. The minimum Gasteiger partial charge on any atom is -0.436 e. The first kappa shape index (κ1) is 17.2. The van der Waals surface area contributed by atoms with Crippen molar-refractivity contribution < 1.29 is 13.5 Å². The van der Waals surface area contributed by atoms with E-state index >= 15 is 0 Å². The normalized spacial score (nSPS) is 14.3. The summed E-state index contributed by atoms with van der Waals surface area (Å²) in [7, 11) is 0. The van der Waals surface area contributed by atoms with Crippen LogP contribution in [0.4, 0.5) is 20.3 Å². The Hall–Kier alpha value is -3.22. The zero-order valence-corrected chi connectivity index (χ0v) is 14.6. The van der Waals surface area contributed by atoms with Gasteiger partial charge in [0.05, 0.1) is 0 Å².